The monoisotopic (exact) mass is 327 g/mol. The predicted octanol–water partition coefficient (Wildman–Crippen LogP) is 3.27. The quantitative estimate of drug-likeness (QED) is 0.731. The Morgan fingerprint density at radius 2 is 2.22 bits per heavy atom. The molecule has 0 aliphatic carbocycles. The normalized spacial score (nSPS) is 10.7. The lowest BCUT2D eigenvalue weighted by molar-refractivity contribution is 0.416. The minimum atomic E-state index is -0.0623. The van der Waals surface area contributed by atoms with E-state index in [1.807, 2.05) is 30.3 Å². The highest BCUT2D eigenvalue weighted by Crippen LogP contribution is 2.36. The summed E-state index contributed by atoms with van der Waals surface area (Å²) in [6.45, 7) is 4.21. The summed E-state index contributed by atoms with van der Waals surface area (Å²) in [4.78, 5) is 18.1. The zero-order valence-corrected chi connectivity index (χ0v) is 13.8. The fourth-order valence-electron chi connectivity index (χ4n) is 2.36. The van der Waals surface area contributed by atoms with Crippen molar-refractivity contribution in [3.8, 4) is 16.2 Å². The Hall–Kier alpha value is -2.60. The molecule has 0 saturated heterocycles. The molecule has 0 unspecified atom stereocenters. The van der Waals surface area contributed by atoms with E-state index < -0.39 is 0 Å². The average Bonchev–Trinajstić information content (AvgIpc) is 3.00. The Morgan fingerprint density at radius 1 is 1.43 bits per heavy atom. The molecular formula is C17H17N3O2S. The Bertz CT molecular complexity index is 927. The number of ether oxygens (including phenoxy) is 1. The first-order chi connectivity index (χ1) is 11.2. The van der Waals surface area contributed by atoms with E-state index in [4.69, 9.17) is 4.74 Å². The van der Waals surface area contributed by atoms with Crippen LogP contribution in [0.5, 0.6) is 5.75 Å². The number of aromatic nitrogens is 2. The van der Waals surface area contributed by atoms with E-state index in [0.29, 0.717) is 22.7 Å². The van der Waals surface area contributed by atoms with Crippen LogP contribution in [-0.2, 0) is 7.05 Å². The number of rotatable bonds is 5. The molecule has 118 valence electrons. The number of para-hydroxylation sites is 1. The Kier molecular flexibility index (Phi) is 4.16. The molecule has 0 bridgehead atoms. The van der Waals surface area contributed by atoms with Gasteiger partial charge in [-0.25, -0.2) is 4.98 Å². The Balaban J connectivity index is 2.17. The first-order valence-electron chi connectivity index (χ1n) is 7.14. The minimum Gasteiger partial charge on any atom is -0.496 e. The third-order valence-corrected chi connectivity index (χ3v) is 4.68. The molecule has 3 aromatic rings. The third-order valence-electron chi connectivity index (χ3n) is 3.53. The van der Waals surface area contributed by atoms with Gasteiger partial charge in [0.1, 0.15) is 10.4 Å². The van der Waals surface area contributed by atoms with Crippen molar-refractivity contribution in [2.24, 2.45) is 7.05 Å². The molecule has 1 N–H and O–H groups in total. The summed E-state index contributed by atoms with van der Waals surface area (Å²) in [6, 6.07) is 9.68. The predicted molar refractivity (Wildman–Crippen MR) is 95.5 cm³/mol. The molecule has 0 spiro atoms. The van der Waals surface area contributed by atoms with Gasteiger partial charge in [-0.15, -0.1) is 17.9 Å². The van der Waals surface area contributed by atoms with Crippen molar-refractivity contribution >= 4 is 27.5 Å². The third kappa shape index (κ3) is 2.73. The Labute approximate surface area is 137 Å². The topological polar surface area (TPSA) is 56.2 Å². The van der Waals surface area contributed by atoms with Crippen LogP contribution in [-0.4, -0.2) is 23.2 Å². The molecule has 0 fully saturated rings. The van der Waals surface area contributed by atoms with Crippen molar-refractivity contribution in [2.45, 2.75) is 0 Å². The first-order valence-corrected chi connectivity index (χ1v) is 7.96. The number of methoxy groups -OCH3 is 1. The van der Waals surface area contributed by atoms with Gasteiger partial charge >= 0.3 is 0 Å². The molecule has 1 aromatic carbocycles. The smallest absolute Gasteiger partial charge is 0.272 e. The fraction of sp³-hybridized carbons (Fsp3) is 0.176. The van der Waals surface area contributed by atoms with E-state index in [2.05, 4.69) is 16.9 Å². The van der Waals surface area contributed by atoms with Crippen LogP contribution in [0, 0.1) is 0 Å². The lowest BCUT2D eigenvalue weighted by Gasteiger charge is -2.07. The lowest BCUT2D eigenvalue weighted by atomic mass is 10.1. The second-order valence-corrected chi connectivity index (χ2v) is 6.05. The molecule has 3 rings (SSSR count). The van der Waals surface area contributed by atoms with Crippen LogP contribution in [0.2, 0.25) is 0 Å². The molecule has 2 heterocycles. The van der Waals surface area contributed by atoms with Crippen molar-refractivity contribution in [3.63, 3.8) is 0 Å². The van der Waals surface area contributed by atoms with E-state index in [-0.39, 0.29) is 5.56 Å². The van der Waals surface area contributed by atoms with E-state index in [1.165, 1.54) is 15.9 Å². The maximum Gasteiger partial charge on any atom is 0.272 e. The number of nitrogens with one attached hydrogen (secondary N) is 1. The van der Waals surface area contributed by atoms with Crippen molar-refractivity contribution in [2.75, 3.05) is 19.0 Å². The number of fused-ring (bicyclic) bond motifs is 1. The van der Waals surface area contributed by atoms with Gasteiger partial charge in [-0.2, -0.15) is 0 Å². The molecule has 0 aliphatic rings. The summed E-state index contributed by atoms with van der Waals surface area (Å²) < 4.78 is 7.56. The summed E-state index contributed by atoms with van der Waals surface area (Å²) >= 11 is 1.43. The standard InChI is InChI=1S/C17H17N3O2S/c1-4-9-18-17-19-12-10-14(23-15(12)16(21)20(17)2)11-7-5-6-8-13(11)22-3/h4-8,10H,1,9H2,2-3H3,(H,18,19). The highest BCUT2D eigenvalue weighted by Gasteiger charge is 2.14. The molecule has 0 saturated carbocycles. The van der Waals surface area contributed by atoms with Gasteiger partial charge in [0.15, 0.2) is 0 Å². The number of thiophene rings is 1. The van der Waals surface area contributed by atoms with Crippen LogP contribution < -0.4 is 15.6 Å². The molecule has 2 aromatic heterocycles. The van der Waals surface area contributed by atoms with Gasteiger partial charge in [-0.1, -0.05) is 18.2 Å². The molecule has 0 aliphatic heterocycles. The summed E-state index contributed by atoms with van der Waals surface area (Å²) in [7, 11) is 3.35. The SMILES string of the molecule is C=CCNc1nc2cc(-c3ccccc3OC)sc2c(=O)n1C. The van der Waals surface area contributed by atoms with E-state index in [0.717, 1.165) is 16.2 Å². The van der Waals surface area contributed by atoms with Gasteiger partial charge in [-0.05, 0) is 18.2 Å². The van der Waals surface area contributed by atoms with Crippen LogP contribution >= 0.6 is 11.3 Å². The van der Waals surface area contributed by atoms with Crippen LogP contribution in [0.3, 0.4) is 0 Å². The van der Waals surface area contributed by atoms with Crippen molar-refractivity contribution in [1.82, 2.24) is 9.55 Å². The summed E-state index contributed by atoms with van der Waals surface area (Å²) in [5.74, 6) is 1.31. The van der Waals surface area contributed by atoms with Gasteiger partial charge in [0, 0.05) is 24.0 Å². The van der Waals surface area contributed by atoms with E-state index in [1.54, 1.807) is 20.2 Å². The maximum absolute atomic E-state index is 12.5. The molecule has 0 atom stereocenters. The molecule has 0 amide bonds. The molecule has 23 heavy (non-hydrogen) atoms. The molecule has 5 nitrogen and oxygen atoms in total. The zero-order valence-electron chi connectivity index (χ0n) is 13.0. The highest BCUT2D eigenvalue weighted by atomic mass is 32.1. The van der Waals surface area contributed by atoms with E-state index >= 15 is 0 Å². The van der Waals surface area contributed by atoms with E-state index in [9.17, 15) is 4.79 Å². The lowest BCUT2D eigenvalue weighted by Crippen LogP contribution is -2.21. The van der Waals surface area contributed by atoms with Crippen LogP contribution in [0.1, 0.15) is 0 Å². The first kappa shape index (κ1) is 15.3. The Morgan fingerprint density at radius 3 is 2.96 bits per heavy atom. The summed E-state index contributed by atoms with van der Waals surface area (Å²) in [5.41, 5.74) is 1.58. The average molecular weight is 327 g/mol. The minimum absolute atomic E-state index is 0.0623. The maximum atomic E-state index is 12.5. The van der Waals surface area contributed by atoms with Gasteiger partial charge in [-0.3, -0.25) is 9.36 Å². The van der Waals surface area contributed by atoms with Crippen molar-refractivity contribution in [3.05, 3.63) is 53.3 Å². The largest absolute Gasteiger partial charge is 0.496 e. The molecular weight excluding hydrogens is 310 g/mol. The van der Waals surface area contributed by atoms with Gasteiger partial charge < -0.3 is 10.1 Å². The summed E-state index contributed by atoms with van der Waals surface area (Å²) in [5, 5.41) is 3.08. The van der Waals surface area contributed by atoms with Crippen molar-refractivity contribution in [1.29, 1.82) is 0 Å². The van der Waals surface area contributed by atoms with Crippen molar-refractivity contribution < 1.29 is 4.74 Å². The summed E-state index contributed by atoms with van der Waals surface area (Å²) in [6.07, 6.45) is 1.73. The highest BCUT2D eigenvalue weighted by molar-refractivity contribution is 7.22. The van der Waals surface area contributed by atoms with Crippen LogP contribution in [0.15, 0.2) is 47.8 Å². The fourth-order valence-corrected chi connectivity index (χ4v) is 3.46. The van der Waals surface area contributed by atoms with Gasteiger partial charge in [0.2, 0.25) is 5.95 Å². The van der Waals surface area contributed by atoms with Crippen LogP contribution in [0.25, 0.3) is 20.7 Å². The second kappa shape index (κ2) is 6.26. The van der Waals surface area contributed by atoms with Gasteiger partial charge in [0.05, 0.1) is 12.6 Å². The number of anilines is 1. The molecule has 0 radical (unpaired) electrons. The molecule has 6 heteroatoms. The van der Waals surface area contributed by atoms with Crippen LogP contribution in [0.4, 0.5) is 5.95 Å². The zero-order chi connectivity index (χ0) is 16.4. The second-order valence-electron chi connectivity index (χ2n) is 4.99. The number of nitrogens with zero attached hydrogens (tertiary/aromatic N) is 2. The van der Waals surface area contributed by atoms with Gasteiger partial charge in [0.25, 0.3) is 5.56 Å². The number of hydrogen-bond donors (Lipinski definition) is 1. The number of hydrogen-bond acceptors (Lipinski definition) is 5. The number of benzene rings is 1.